The molecule has 2 aromatic carbocycles. The van der Waals surface area contributed by atoms with Crippen molar-refractivity contribution in [1.29, 1.82) is 0 Å². The molecular weight excluding hydrogens is 332 g/mol. The number of nitrogens with one attached hydrogen (secondary N) is 1. The number of anilines is 1. The molecular formula is C19H20N4OS. The van der Waals surface area contributed by atoms with E-state index in [1.165, 1.54) is 4.88 Å². The van der Waals surface area contributed by atoms with Gasteiger partial charge in [-0.25, -0.2) is 9.98 Å². The molecule has 0 amide bonds. The number of aromatic nitrogens is 1. The van der Waals surface area contributed by atoms with Gasteiger partial charge >= 0.3 is 0 Å². The Morgan fingerprint density at radius 2 is 1.88 bits per heavy atom. The average Bonchev–Trinajstić information content (AvgIpc) is 2.92. The second kappa shape index (κ2) is 7.81. The van der Waals surface area contributed by atoms with Gasteiger partial charge in [0.25, 0.3) is 0 Å². The van der Waals surface area contributed by atoms with E-state index in [9.17, 15) is 0 Å². The van der Waals surface area contributed by atoms with Gasteiger partial charge in [-0.15, -0.1) is 11.3 Å². The first kappa shape index (κ1) is 17.0. The standard InChI is InChI=1S/C19H20N4OS/c1-13-14(2)25-18(22-13)12-21-19(20)23-15-7-6-10-17(11-15)24-16-8-4-3-5-9-16/h3-11H,12H2,1-2H3,(H3,20,21,23). The molecule has 1 heterocycles. The first-order valence-corrected chi connectivity index (χ1v) is 8.74. The molecule has 6 heteroatoms. The zero-order valence-corrected chi connectivity index (χ0v) is 15.0. The molecule has 5 nitrogen and oxygen atoms in total. The highest BCUT2D eigenvalue weighted by Crippen LogP contribution is 2.23. The van der Waals surface area contributed by atoms with Gasteiger partial charge in [-0.05, 0) is 38.1 Å². The lowest BCUT2D eigenvalue weighted by Crippen LogP contribution is -2.22. The van der Waals surface area contributed by atoms with Crippen LogP contribution in [0.25, 0.3) is 0 Å². The van der Waals surface area contributed by atoms with Gasteiger partial charge in [0.05, 0.1) is 12.2 Å². The summed E-state index contributed by atoms with van der Waals surface area (Å²) in [7, 11) is 0. The van der Waals surface area contributed by atoms with Crippen molar-refractivity contribution in [3.63, 3.8) is 0 Å². The fourth-order valence-corrected chi connectivity index (χ4v) is 3.07. The number of nitrogens with zero attached hydrogens (tertiary/aromatic N) is 2. The topological polar surface area (TPSA) is 72.5 Å². The third-order valence-electron chi connectivity index (χ3n) is 3.54. The van der Waals surface area contributed by atoms with Crippen molar-refractivity contribution in [2.75, 3.05) is 5.32 Å². The number of rotatable bonds is 5. The van der Waals surface area contributed by atoms with Gasteiger partial charge in [-0.2, -0.15) is 0 Å². The van der Waals surface area contributed by atoms with Crippen LogP contribution in [0.15, 0.2) is 59.6 Å². The molecule has 0 radical (unpaired) electrons. The fourth-order valence-electron chi connectivity index (χ4n) is 2.21. The molecule has 3 rings (SSSR count). The molecule has 0 atom stereocenters. The average molecular weight is 352 g/mol. The van der Waals surface area contributed by atoms with Crippen molar-refractivity contribution in [3.8, 4) is 11.5 Å². The van der Waals surface area contributed by atoms with Gasteiger partial charge in [0.1, 0.15) is 16.5 Å². The zero-order valence-electron chi connectivity index (χ0n) is 14.2. The maximum Gasteiger partial charge on any atom is 0.193 e. The number of ether oxygens (including phenoxy) is 1. The summed E-state index contributed by atoms with van der Waals surface area (Å²) in [6.45, 7) is 4.53. The highest BCUT2D eigenvalue weighted by Gasteiger charge is 2.04. The summed E-state index contributed by atoms with van der Waals surface area (Å²) in [5.41, 5.74) is 7.85. The van der Waals surface area contributed by atoms with Crippen LogP contribution in [0.1, 0.15) is 15.6 Å². The third kappa shape index (κ3) is 4.81. The molecule has 0 spiro atoms. The maximum atomic E-state index is 5.98. The Morgan fingerprint density at radius 3 is 2.60 bits per heavy atom. The highest BCUT2D eigenvalue weighted by atomic mass is 32.1. The van der Waals surface area contributed by atoms with Crippen molar-refractivity contribution >= 4 is 23.0 Å². The Hall–Kier alpha value is -2.86. The van der Waals surface area contributed by atoms with Crippen molar-refractivity contribution in [2.45, 2.75) is 20.4 Å². The zero-order chi connectivity index (χ0) is 17.6. The van der Waals surface area contributed by atoms with Crippen molar-refractivity contribution in [1.82, 2.24) is 4.98 Å². The Bertz CT molecular complexity index is 855. The molecule has 3 N–H and O–H groups in total. The third-order valence-corrected chi connectivity index (χ3v) is 4.60. The van der Waals surface area contributed by atoms with Crippen LogP contribution in [0.2, 0.25) is 0 Å². The van der Waals surface area contributed by atoms with Gasteiger partial charge in [-0.1, -0.05) is 24.3 Å². The van der Waals surface area contributed by atoms with Crippen LogP contribution in [0.3, 0.4) is 0 Å². The number of aliphatic imine (C=N–C) groups is 1. The predicted molar refractivity (Wildman–Crippen MR) is 103 cm³/mol. The first-order valence-electron chi connectivity index (χ1n) is 7.93. The van der Waals surface area contributed by atoms with Crippen LogP contribution in [0.5, 0.6) is 11.5 Å². The van der Waals surface area contributed by atoms with Gasteiger partial charge in [-0.3, -0.25) is 0 Å². The number of hydrogen-bond acceptors (Lipinski definition) is 4. The Morgan fingerprint density at radius 1 is 1.12 bits per heavy atom. The van der Waals surface area contributed by atoms with Gasteiger partial charge in [0, 0.05) is 16.6 Å². The summed E-state index contributed by atoms with van der Waals surface area (Å²) in [5, 5.41) is 4.04. The molecule has 0 unspecified atom stereocenters. The van der Waals surface area contributed by atoms with Gasteiger partial charge in [0.15, 0.2) is 5.96 Å². The summed E-state index contributed by atoms with van der Waals surface area (Å²) in [6.07, 6.45) is 0. The largest absolute Gasteiger partial charge is 0.457 e. The fraction of sp³-hybridized carbons (Fsp3) is 0.158. The normalized spacial score (nSPS) is 11.4. The number of benzene rings is 2. The highest BCUT2D eigenvalue weighted by molar-refractivity contribution is 7.11. The lowest BCUT2D eigenvalue weighted by Gasteiger charge is -2.09. The number of aryl methyl sites for hydroxylation is 2. The number of hydrogen-bond donors (Lipinski definition) is 2. The minimum atomic E-state index is 0.349. The molecule has 0 aliphatic heterocycles. The molecule has 0 fully saturated rings. The van der Waals surface area contributed by atoms with Crippen LogP contribution in [-0.4, -0.2) is 10.9 Å². The van der Waals surface area contributed by atoms with Crippen LogP contribution in [0.4, 0.5) is 5.69 Å². The van der Waals surface area contributed by atoms with Crippen LogP contribution < -0.4 is 15.8 Å². The summed E-state index contributed by atoms with van der Waals surface area (Å²) in [4.78, 5) is 10.0. The molecule has 0 bridgehead atoms. The molecule has 0 saturated carbocycles. The number of guanidine groups is 1. The minimum Gasteiger partial charge on any atom is -0.457 e. The van der Waals surface area contributed by atoms with E-state index in [1.807, 2.05) is 61.5 Å². The number of nitrogens with two attached hydrogens (primary N) is 1. The summed E-state index contributed by atoms with van der Waals surface area (Å²) >= 11 is 1.64. The van der Waals surface area contributed by atoms with E-state index in [-0.39, 0.29) is 0 Å². The molecule has 0 saturated heterocycles. The molecule has 0 aliphatic rings. The van der Waals surface area contributed by atoms with E-state index in [4.69, 9.17) is 10.5 Å². The second-order valence-electron chi connectivity index (χ2n) is 5.52. The lowest BCUT2D eigenvalue weighted by atomic mass is 10.3. The molecule has 1 aromatic heterocycles. The quantitative estimate of drug-likeness (QED) is 0.524. The van der Waals surface area contributed by atoms with E-state index in [0.717, 1.165) is 27.9 Å². The van der Waals surface area contributed by atoms with E-state index >= 15 is 0 Å². The molecule has 3 aromatic rings. The summed E-state index contributed by atoms with van der Waals surface area (Å²) in [6, 6.07) is 17.2. The summed E-state index contributed by atoms with van der Waals surface area (Å²) in [5.74, 6) is 1.87. The maximum absolute atomic E-state index is 5.98. The SMILES string of the molecule is Cc1nc(CN=C(N)Nc2cccc(Oc3ccccc3)c2)sc1C. The lowest BCUT2D eigenvalue weighted by molar-refractivity contribution is 0.483. The van der Waals surface area contributed by atoms with Crippen molar-refractivity contribution in [3.05, 3.63) is 70.2 Å². The van der Waals surface area contributed by atoms with E-state index in [2.05, 4.69) is 22.2 Å². The van der Waals surface area contributed by atoms with E-state index < -0.39 is 0 Å². The van der Waals surface area contributed by atoms with Crippen molar-refractivity contribution in [2.24, 2.45) is 10.7 Å². The predicted octanol–water partition coefficient (Wildman–Crippen LogP) is 4.48. The van der Waals surface area contributed by atoms with E-state index in [0.29, 0.717) is 12.5 Å². The van der Waals surface area contributed by atoms with Gasteiger partial charge < -0.3 is 15.8 Å². The van der Waals surface area contributed by atoms with E-state index in [1.54, 1.807) is 11.3 Å². The van der Waals surface area contributed by atoms with Crippen molar-refractivity contribution < 1.29 is 4.74 Å². The number of para-hydroxylation sites is 1. The Balaban J connectivity index is 1.63. The monoisotopic (exact) mass is 352 g/mol. The Kier molecular flexibility index (Phi) is 5.30. The molecule has 25 heavy (non-hydrogen) atoms. The second-order valence-corrected chi connectivity index (χ2v) is 6.81. The summed E-state index contributed by atoms with van der Waals surface area (Å²) < 4.78 is 5.82. The molecule has 128 valence electrons. The van der Waals surface area contributed by atoms with Gasteiger partial charge in [0.2, 0.25) is 0 Å². The van der Waals surface area contributed by atoms with Crippen LogP contribution in [-0.2, 0) is 6.54 Å². The molecule has 0 aliphatic carbocycles. The smallest absolute Gasteiger partial charge is 0.193 e. The Labute approximate surface area is 151 Å². The van der Waals surface area contributed by atoms with Crippen LogP contribution >= 0.6 is 11.3 Å². The minimum absolute atomic E-state index is 0.349. The number of thiazole rings is 1. The van der Waals surface area contributed by atoms with Crippen LogP contribution in [0, 0.1) is 13.8 Å². The first-order chi connectivity index (χ1) is 12.1.